The second kappa shape index (κ2) is 6.66. The summed E-state index contributed by atoms with van der Waals surface area (Å²) in [5.74, 6) is 1.43. The number of aryl methyl sites for hydroxylation is 2. The summed E-state index contributed by atoms with van der Waals surface area (Å²) in [5.41, 5.74) is 2.63. The molecule has 108 valence electrons. The predicted molar refractivity (Wildman–Crippen MR) is 79.6 cm³/mol. The minimum atomic E-state index is 0.0725. The number of aromatic nitrogens is 2. The van der Waals surface area contributed by atoms with E-state index in [-0.39, 0.29) is 6.04 Å². The largest absolute Gasteiger partial charge is 0.338 e. The first-order valence-corrected chi connectivity index (χ1v) is 7.22. The topological polar surface area (TPSA) is 51.0 Å². The average molecular weight is 273 g/mol. The SMILES string of the molecule is CCc1noc([C@@H](C)N[C@H](C)Cc2ccc(C)cc2)n1. The lowest BCUT2D eigenvalue weighted by Crippen LogP contribution is -2.30. The Bertz CT molecular complexity index is 533. The predicted octanol–water partition coefficient (Wildman–Crippen LogP) is 3.22. The Labute approximate surface area is 120 Å². The highest BCUT2D eigenvalue weighted by atomic mass is 16.5. The molecule has 2 aromatic rings. The molecule has 4 heteroatoms. The number of rotatable bonds is 6. The van der Waals surface area contributed by atoms with Gasteiger partial charge in [0.2, 0.25) is 5.89 Å². The van der Waals surface area contributed by atoms with Crippen LogP contribution in [0.3, 0.4) is 0 Å². The van der Waals surface area contributed by atoms with Gasteiger partial charge in [-0.1, -0.05) is 41.9 Å². The van der Waals surface area contributed by atoms with Gasteiger partial charge in [0.05, 0.1) is 6.04 Å². The Morgan fingerprint density at radius 2 is 1.90 bits per heavy atom. The Hall–Kier alpha value is -1.68. The summed E-state index contributed by atoms with van der Waals surface area (Å²) in [5, 5.41) is 7.43. The maximum atomic E-state index is 5.26. The van der Waals surface area contributed by atoms with Crippen molar-refractivity contribution in [1.82, 2.24) is 15.5 Å². The normalized spacial score (nSPS) is 14.2. The summed E-state index contributed by atoms with van der Waals surface area (Å²) in [4.78, 5) is 4.36. The molecule has 0 aliphatic carbocycles. The first kappa shape index (κ1) is 14.7. The smallest absolute Gasteiger partial charge is 0.243 e. The minimum Gasteiger partial charge on any atom is -0.338 e. The van der Waals surface area contributed by atoms with Crippen LogP contribution in [0.2, 0.25) is 0 Å². The van der Waals surface area contributed by atoms with E-state index in [2.05, 4.69) is 60.5 Å². The molecule has 0 unspecified atom stereocenters. The van der Waals surface area contributed by atoms with Crippen molar-refractivity contribution in [2.75, 3.05) is 0 Å². The van der Waals surface area contributed by atoms with Crippen molar-refractivity contribution in [3.8, 4) is 0 Å². The molecule has 2 rings (SSSR count). The molecular formula is C16H23N3O. The van der Waals surface area contributed by atoms with Crippen LogP contribution < -0.4 is 5.32 Å². The first-order valence-electron chi connectivity index (χ1n) is 7.22. The zero-order chi connectivity index (χ0) is 14.5. The van der Waals surface area contributed by atoms with Crippen LogP contribution in [0.5, 0.6) is 0 Å². The van der Waals surface area contributed by atoms with E-state index in [1.807, 2.05) is 6.92 Å². The lowest BCUT2D eigenvalue weighted by Gasteiger charge is -2.17. The lowest BCUT2D eigenvalue weighted by atomic mass is 10.1. The molecule has 0 aliphatic heterocycles. The monoisotopic (exact) mass is 273 g/mol. The Kier molecular flexibility index (Phi) is 4.90. The maximum absolute atomic E-state index is 5.26. The summed E-state index contributed by atoms with van der Waals surface area (Å²) in [6, 6.07) is 9.08. The van der Waals surface area contributed by atoms with Crippen molar-refractivity contribution in [3.05, 3.63) is 47.1 Å². The minimum absolute atomic E-state index is 0.0725. The number of nitrogens with zero attached hydrogens (tertiary/aromatic N) is 2. The van der Waals surface area contributed by atoms with Gasteiger partial charge in [-0.3, -0.25) is 0 Å². The number of benzene rings is 1. The fourth-order valence-corrected chi connectivity index (χ4v) is 2.22. The summed E-state index contributed by atoms with van der Waals surface area (Å²) in [6.45, 7) is 8.35. The van der Waals surface area contributed by atoms with E-state index in [1.165, 1.54) is 11.1 Å². The molecule has 0 saturated carbocycles. The third-order valence-corrected chi connectivity index (χ3v) is 3.37. The van der Waals surface area contributed by atoms with Gasteiger partial charge in [0, 0.05) is 12.5 Å². The molecule has 2 atom stereocenters. The maximum Gasteiger partial charge on any atom is 0.243 e. The molecule has 1 N–H and O–H groups in total. The number of hydrogen-bond donors (Lipinski definition) is 1. The van der Waals surface area contributed by atoms with Gasteiger partial charge in [-0.15, -0.1) is 0 Å². The van der Waals surface area contributed by atoms with E-state index in [4.69, 9.17) is 4.52 Å². The molecule has 0 spiro atoms. The summed E-state index contributed by atoms with van der Waals surface area (Å²) in [6.07, 6.45) is 1.79. The summed E-state index contributed by atoms with van der Waals surface area (Å²) in [7, 11) is 0. The average Bonchev–Trinajstić information content (AvgIpc) is 2.90. The van der Waals surface area contributed by atoms with Crippen molar-refractivity contribution in [1.29, 1.82) is 0 Å². The quantitative estimate of drug-likeness (QED) is 0.878. The van der Waals surface area contributed by atoms with Crippen molar-refractivity contribution >= 4 is 0 Å². The van der Waals surface area contributed by atoms with E-state index in [9.17, 15) is 0 Å². The molecule has 0 radical (unpaired) electrons. The van der Waals surface area contributed by atoms with Gasteiger partial charge in [0.15, 0.2) is 5.82 Å². The van der Waals surface area contributed by atoms with Gasteiger partial charge in [-0.2, -0.15) is 4.98 Å². The van der Waals surface area contributed by atoms with Gasteiger partial charge in [0.1, 0.15) is 0 Å². The third kappa shape index (κ3) is 3.90. The molecule has 1 aromatic heterocycles. The Balaban J connectivity index is 1.90. The van der Waals surface area contributed by atoms with E-state index < -0.39 is 0 Å². The molecule has 1 aromatic carbocycles. The molecule has 4 nitrogen and oxygen atoms in total. The van der Waals surface area contributed by atoms with Crippen LogP contribution in [-0.2, 0) is 12.8 Å². The van der Waals surface area contributed by atoms with Crippen LogP contribution in [0.4, 0.5) is 0 Å². The van der Waals surface area contributed by atoms with E-state index in [0.29, 0.717) is 11.9 Å². The lowest BCUT2D eigenvalue weighted by molar-refractivity contribution is 0.324. The molecule has 1 heterocycles. The van der Waals surface area contributed by atoms with Crippen molar-refractivity contribution < 1.29 is 4.52 Å². The highest BCUT2D eigenvalue weighted by molar-refractivity contribution is 5.22. The van der Waals surface area contributed by atoms with Gasteiger partial charge in [-0.25, -0.2) is 0 Å². The van der Waals surface area contributed by atoms with E-state index >= 15 is 0 Å². The highest BCUT2D eigenvalue weighted by Gasteiger charge is 2.16. The van der Waals surface area contributed by atoms with Crippen molar-refractivity contribution in [3.63, 3.8) is 0 Å². The number of nitrogens with one attached hydrogen (secondary N) is 1. The summed E-state index contributed by atoms with van der Waals surface area (Å²) < 4.78 is 5.26. The van der Waals surface area contributed by atoms with Gasteiger partial charge < -0.3 is 9.84 Å². The molecule has 0 saturated heterocycles. The zero-order valence-corrected chi connectivity index (χ0v) is 12.7. The van der Waals surface area contributed by atoms with Gasteiger partial charge in [0.25, 0.3) is 0 Å². The molecule has 20 heavy (non-hydrogen) atoms. The fraction of sp³-hybridized carbons (Fsp3) is 0.500. The third-order valence-electron chi connectivity index (χ3n) is 3.37. The van der Waals surface area contributed by atoms with E-state index in [1.54, 1.807) is 0 Å². The molecule has 0 aliphatic rings. The summed E-state index contributed by atoms with van der Waals surface area (Å²) >= 11 is 0. The molecule has 0 amide bonds. The van der Waals surface area contributed by atoms with Crippen LogP contribution in [-0.4, -0.2) is 16.2 Å². The van der Waals surface area contributed by atoms with Crippen LogP contribution in [0.15, 0.2) is 28.8 Å². The highest BCUT2D eigenvalue weighted by Crippen LogP contribution is 2.13. The van der Waals surface area contributed by atoms with Crippen molar-refractivity contribution in [2.24, 2.45) is 0 Å². The second-order valence-corrected chi connectivity index (χ2v) is 5.38. The number of hydrogen-bond acceptors (Lipinski definition) is 4. The molecule has 0 fully saturated rings. The first-order chi connectivity index (χ1) is 9.58. The van der Waals surface area contributed by atoms with Crippen molar-refractivity contribution in [2.45, 2.75) is 52.6 Å². The fourth-order valence-electron chi connectivity index (χ4n) is 2.22. The van der Waals surface area contributed by atoms with Crippen LogP contribution >= 0.6 is 0 Å². The Morgan fingerprint density at radius 3 is 2.50 bits per heavy atom. The van der Waals surface area contributed by atoms with E-state index in [0.717, 1.165) is 18.7 Å². The van der Waals surface area contributed by atoms with Crippen LogP contribution in [0.1, 0.15) is 49.7 Å². The second-order valence-electron chi connectivity index (χ2n) is 5.38. The molecular weight excluding hydrogens is 250 g/mol. The van der Waals surface area contributed by atoms with Crippen LogP contribution in [0.25, 0.3) is 0 Å². The van der Waals surface area contributed by atoms with Gasteiger partial charge in [-0.05, 0) is 32.8 Å². The zero-order valence-electron chi connectivity index (χ0n) is 12.7. The van der Waals surface area contributed by atoms with Crippen LogP contribution in [0, 0.1) is 6.92 Å². The van der Waals surface area contributed by atoms with Gasteiger partial charge >= 0.3 is 0 Å². The molecule has 0 bridgehead atoms. The standard InChI is InChI=1S/C16H23N3O/c1-5-15-18-16(20-19-15)13(4)17-12(3)10-14-8-6-11(2)7-9-14/h6-9,12-13,17H,5,10H2,1-4H3/t12-,13-/m1/s1. The Morgan fingerprint density at radius 1 is 1.20 bits per heavy atom.